The number of rotatable bonds is 3. The van der Waals surface area contributed by atoms with Crippen molar-refractivity contribution in [3.05, 3.63) is 18.0 Å². The van der Waals surface area contributed by atoms with Gasteiger partial charge in [0.25, 0.3) is 0 Å². The molecule has 0 aliphatic heterocycles. The maximum atomic E-state index is 10.9. The number of carboxylic acid groups (broad SMARTS) is 1. The van der Waals surface area contributed by atoms with Gasteiger partial charge in [-0.05, 0) is 61.7 Å². The van der Waals surface area contributed by atoms with Crippen LogP contribution in [0.2, 0.25) is 0 Å². The van der Waals surface area contributed by atoms with Crippen molar-refractivity contribution < 1.29 is 9.90 Å². The highest BCUT2D eigenvalue weighted by Gasteiger charge is 2.50. The molecule has 4 saturated carbocycles. The largest absolute Gasteiger partial charge is 0.478 e. The van der Waals surface area contributed by atoms with Gasteiger partial charge in [0.05, 0.1) is 11.8 Å². The van der Waals surface area contributed by atoms with E-state index in [1.165, 1.54) is 44.7 Å². The lowest BCUT2D eigenvalue weighted by Crippen LogP contribution is -2.47. The van der Waals surface area contributed by atoms with E-state index in [4.69, 9.17) is 5.11 Å². The lowest BCUT2D eigenvalue weighted by atomic mass is 9.49. The van der Waals surface area contributed by atoms with Crippen LogP contribution < -0.4 is 0 Å². The average Bonchev–Trinajstić information content (AvgIpc) is 2.74. The van der Waals surface area contributed by atoms with Crippen LogP contribution in [0.3, 0.4) is 0 Å². The molecule has 4 nitrogen and oxygen atoms in total. The van der Waals surface area contributed by atoms with Gasteiger partial charge in [-0.1, -0.05) is 0 Å². The van der Waals surface area contributed by atoms with E-state index >= 15 is 0 Å². The predicted molar refractivity (Wildman–Crippen MR) is 69.8 cm³/mol. The van der Waals surface area contributed by atoms with Gasteiger partial charge in [-0.15, -0.1) is 0 Å². The summed E-state index contributed by atoms with van der Waals surface area (Å²) >= 11 is 0. The molecule has 5 rings (SSSR count). The summed E-state index contributed by atoms with van der Waals surface area (Å²) < 4.78 is 1.87. The molecule has 0 saturated heterocycles. The molecule has 102 valence electrons. The van der Waals surface area contributed by atoms with Crippen LogP contribution in [0.15, 0.2) is 12.4 Å². The Labute approximate surface area is 112 Å². The van der Waals surface area contributed by atoms with Crippen molar-refractivity contribution in [3.8, 4) is 0 Å². The molecule has 4 heteroatoms. The highest BCUT2D eigenvalue weighted by atomic mass is 16.4. The second kappa shape index (κ2) is 3.84. The summed E-state index contributed by atoms with van der Waals surface area (Å²) in [6, 6.07) is 0. The third-order valence-electron chi connectivity index (χ3n) is 5.54. The van der Waals surface area contributed by atoms with Crippen LogP contribution in [0.1, 0.15) is 48.9 Å². The van der Waals surface area contributed by atoms with Crippen LogP contribution in [0.25, 0.3) is 0 Å². The maximum Gasteiger partial charge on any atom is 0.338 e. The van der Waals surface area contributed by atoms with Gasteiger partial charge in [0.2, 0.25) is 0 Å². The summed E-state index contributed by atoms with van der Waals surface area (Å²) in [5, 5.41) is 13.2. The van der Waals surface area contributed by atoms with Crippen LogP contribution >= 0.6 is 0 Å². The summed E-state index contributed by atoms with van der Waals surface area (Å²) in [5.74, 6) is 1.92. The fourth-order valence-corrected chi connectivity index (χ4v) is 5.39. The Balaban J connectivity index is 1.57. The van der Waals surface area contributed by atoms with Crippen LogP contribution in [-0.4, -0.2) is 20.9 Å². The van der Waals surface area contributed by atoms with Crippen LogP contribution in [0.5, 0.6) is 0 Å². The average molecular weight is 260 g/mol. The molecule has 0 radical (unpaired) electrons. The molecular weight excluding hydrogens is 240 g/mol. The summed E-state index contributed by atoms with van der Waals surface area (Å²) in [6.45, 7) is 0.920. The molecule has 0 spiro atoms. The van der Waals surface area contributed by atoms with Gasteiger partial charge in [0.1, 0.15) is 0 Å². The predicted octanol–water partition coefficient (Wildman–Crippen LogP) is 2.80. The molecule has 1 heterocycles. The van der Waals surface area contributed by atoms with Crippen molar-refractivity contribution >= 4 is 5.97 Å². The first-order valence-corrected chi connectivity index (χ1v) is 7.38. The highest BCUT2D eigenvalue weighted by Crippen LogP contribution is 2.60. The highest BCUT2D eigenvalue weighted by molar-refractivity contribution is 5.86. The fraction of sp³-hybridized carbons (Fsp3) is 0.733. The number of aromatic nitrogens is 2. The Morgan fingerprint density at radius 2 is 1.84 bits per heavy atom. The van der Waals surface area contributed by atoms with Gasteiger partial charge in [0, 0.05) is 12.7 Å². The van der Waals surface area contributed by atoms with E-state index in [2.05, 4.69) is 5.10 Å². The summed E-state index contributed by atoms with van der Waals surface area (Å²) in [5.41, 5.74) is 0.723. The zero-order chi connectivity index (χ0) is 13.0. The Morgan fingerprint density at radius 3 is 2.32 bits per heavy atom. The van der Waals surface area contributed by atoms with Crippen molar-refractivity contribution in [1.29, 1.82) is 0 Å². The van der Waals surface area contributed by atoms with Crippen molar-refractivity contribution in [2.75, 3.05) is 0 Å². The minimum atomic E-state index is -0.878. The third kappa shape index (κ3) is 1.88. The summed E-state index contributed by atoms with van der Waals surface area (Å²) in [4.78, 5) is 10.9. The molecule has 19 heavy (non-hydrogen) atoms. The lowest BCUT2D eigenvalue weighted by molar-refractivity contribution is -0.0635. The van der Waals surface area contributed by atoms with E-state index < -0.39 is 5.97 Å². The standard InChI is InChI=1S/C15H20N2O2/c18-14(19)13-7-16-17(8-13)9-15-4-10-1-11(5-15)3-12(2-10)6-15/h7-8,10-12H,1-6,9H2,(H,18,19). The van der Waals surface area contributed by atoms with Gasteiger partial charge in [0.15, 0.2) is 0 Å². The molecule has 1 N–H and O–H groups in total. The normalized spacial score (nSPS) is 39.7. The fourth-order valence-electron chi connectivity index (χ4n) is 5.39. The smallest absolute Gasteiger partial charge is 0.338 e. The summed E-state index contributed by atoms with van der Waals surface area (Å²) in [6.07, 6.45) is 11.5. The monoisotopic (exact) mass is 260 g/mol. The first-order chi connectivity index (χ1) is 9.12. The van der Waals surface area contributed by atoms with Crippen molar-refractivity contribution in [3.63, 3.8) is 0 Å². The number of aromatic carboxylic acids is 1. The molecule has 4 aliphatic rings. The van der Waals surface area contributed by atoms with Gasteiger partial charge >= 0.3 is 5.97 Å². The first kappa shape index (κ1) is 11.5. The van der Waals surface area contributed by atoms with Gasteiger partial charge in [-0.2, -0.15) is 5.10 Å². The number of hydrogen-bond acceptors (Lipinski definition) is 2. The number of carboxylic acids is 1. The molecule has 1 aromatic rings. The Morgan fingerprint density at radius 1 is 1.26 bits per heavy atom. The van der Waals surface area contributed by atoms with E-state index in [1.807, 2.05) is 4.68 Å². The zero-order valence-corrected chi connectivity index (χ0v) is 11.1. The third-order valence-corrected chi connectivity index (χ3v) is 5.54. The van der Waals surface area contributed by atoms with Crippen LogP contribution in [-0.2, 0) is 6.54 Å². The minimum Gasteiger partial charge on any atom is -0.478 e. The van der Waals surface area contributed by atoms with E-state index in [1.54, 1.807) is 6.20 Å². The van der Waals surface area contributed by atoms with Crippen molar-refractivity contribution in [1.82, 2.24) is 9.78 Å². The molecular formula is C15H20N2O2. The molecule has 4 bridgehead atoms. The Hall–Kier alpha value is -1.32. The van der Waals surface area contributed by atoms with Crippen LogP contribution in [0, 0.1) is 23.2 Å². The maximum absolute atomic E-state index is 10.9. The number of carbonyl (C=O) groups is 1. The van der Waals surface area contributed by atoms with Gasteiger partial charge in [-0.25, -0.2) is 4.79 Å². The molecule has 0 amide bonds. The Bertz CT molecular complexity index is 485. The number of hydrogen-bond donors (Lipinski definition) is 1. The van der Waals surface area contributed by atoms with Gasteiger partial charge in [-0.3, -0.25) is 4.68 Å². The quantitative estimate of drug-likeness (QED) is 0.909. The minimum absolute atomic E-state index is 0.310. The van der Waals surface area contributed by atoms with Crippen molar-refractivity contribution in [2.45, 2.75) is 45.1 Å². The van der Waals surface area contributed by atoms with Crippen LogP contribution in [0.4, 0.5) is 0 Å². The van der Waals surface area contributed by atoms with Crippen molar-refractivity contribution in [2.24, 2.45) is 23.2 Å². The number of nitrogens with zero attached hydrogens (tertiary/aromatic N) is 2. The first-order valence-electron chi connectivity index (χ1n) is 7.38. The van der Waals surface area contributed by atoms with Gasteiger partial charge < -0.3 is 5.11 Å². The zero-order valence-electron chi connectivity index (χ0n) is 11.1. The van der Waals surface area contributed by atoms with E-state index in [9.17, 15) is 4.79 Å². The summed E-state index contributed by atoms with van der Waals surface area (Å²) in [7, 11) is 0. The molecule has 1 aromatic heterocycles. The van der Waals surface area contributed by atoms with E-state index in [0.29, 0.717) is 11.0 Å². The van der Waals surface area contributed by atoms with E-state index in [0.717, 1.165) is 24.3 Å². The van der Waals surface area contributed by atoms with E-state index in [-0.39, 0.29) is 0 Å². The Kier molecular flexibility index (Phi) is 2.32. The second-order valence-corrected chi connectivity index (χ2v) is 7.15. The SMILES string of the molecule is O=C(O)c1cnn(CC23CC4CC(CC(C4)C2)C3)c1. The lowest BCUT2D eigenvalue weighted by Gasteiger charge is -2.56. The second-order valence-electron chi connectivity index (χ2n) is 7.15. The molecule has 4 fully saturated rings. The molecule has 4 aliphatic carbocycles. The molecule has 0 atom stereocenters. The topological polar surface area (TPSA) is 55.1 Å². The molecule has 0 unspecified atom stereocenters. The molecule has 0 aromatic carbocycles.